The summed E-state index contributed by atoms with van der Waals surface area (Å²) in [5, 5.41) is 3.99. The minimum absolute atomic E-state index is 0.412. The Morgan fingerprint density at radius 3 is 2.53 bits per heavy atom. The van der Waals surface area contributed by atoms with Crippen LogP contribution in [0.25, 0.3) is 0 Å². The fraction of sp³-hybridized carbons (Fsp3) is 0.818. The van der Waals surface area contributed by atoms with E-state index >= 15 is 0 Å². The predicted molar refractivity (Wildman–Crippen MR) is 59.4 cm³/mol. The van der Waals surface area contributed by atoms with Crippen molar-refractivity contribution in [3.05, 3.63) is 11.7 Å². The van der Waals surface area contributed by atoms with Crippen molar-refractivity contribution < 1.29 is 4.52 Å². The first-order valence-electron chi connectivity index (χ1n) is 5.78. The summed E-state index contributed by atoms with van der Waals surface area (Å²) >= 11 is 0. The topological polar surface area (TPSA) is 64.9 Å². The lowest BCUT2D eigenvalue weighted by atomic mass is 9.91. The Morgan fingerprint density at radius 1 is 1.27 bits per heavy atom. The van der Waals surface area contributed by atoms with Crippen LogP contribution in [-0.2, 0) is 12.0 Å². The summed E-state index contributed by atoms with van der Waals surface area (Å²) in [5.41, 5.74) is 5.84. The quantitative estimate of drug-likeness (QED) is 0.784. The first kappa shape index (κ1) is 12.2. The molecule has 86 valence electrons. The van der Waals surface area contributed by atoms with E-state index in [0.29, 0.717) is 11.7 Å². The molecule has 1 aromatic rings. The molecular weight excluding hydrogens is 190 g/mol. The summed E-state index contributed by atoms with van der Waals surface area (Å²) in [6.45, 7) is 6.27. The molecule has 1 atom stereocenters. The second-order valence-electron chi connectivity index (χ2n) is 4.02. The Balaban J connectivity index is 2.82. The van der Waals surface area contributed by atoms with E-state index in [9.17, 15) is 0 Å². The zero-order valence-corrected chi connectivity index (χ0v) is 9.92. The van der Waals surface area contributed by atoms with Crippen molar-refractivity contribution in [1.82, 2.24) is 10.1 Å². The van der Waals surface area contributed by atoms with Crippen LogP contribution in [0.2, 0.25) is 0 Å². The average molecular weight is 211 g/mol. The highest BCUT2D eigenvalue weighted by Crippen LogP contribution is 2.24. The molecule has 1 rings (SSSR count). The first-order valence-corrected chi connectivity index (χ1v) is 5.78. The van der Waals surface area contributed by atoms with Crippen LogP contribution in [0.3, 0.4) is 0 Å². The van der Waals surface area contributed by atoms with E-state index < -0.39 is 5.54 Å². The zero-order chi connectivity index (χ0) is 11.3. The van der Waals surface area contributed by atoms with Crippen LogP contribution in [0, 0.1) is 0 Å². The molecule has 0 saturated carbocycles. The second kappa shape index (κ2) is 5.26. The third-order valence-corrected chi connectivity index (χ3v) is 2.70. The molecule has 4 nitrogen and oxygen atoms in total. The van der Waals surface area contributed by atoms with Crippen LogP contribution in [0.15, 0.2) is 4.52 Å². The van der Waals surface area contributed by atoms with E-state index in [0.717, 1.165) is 32.1 Å². The molecule has 0 aliphatic heterocycles. The number of aromatic nitrogens is 2. The standard InChI is InChI=1S/C11H21N3O/c1-4-7-9-13-10(14-15-9)11(12,6-3)8-5-2/h4-8,12H2,1-3H3. The van der Waals surface area contributed by atoms with Crippen molar-refractivity contribution in [1.29, 1.82) is 0 Å². The molecule has 0 spiro atoms. The van der Waals surface area contributed by atoms with Gasteiger partial charge in [0.1, 0.15) is 0 Å². The predicted octanol–water partition coefficient (Wildman–Crippen LogP) is 2.39. The van der Waals surface area contributed by atoms with Gasteiger partial charge in [0.2, 0.25) is 5.89 Å². The molecule has 2 N–H and O–H groups in total. The molecule has 0 saturated heterocycles. The third-order valence-electron chi connectivity index (χ3n) is 2.70. The number of hydrogen-bond donors (Lipinski definition) is 1. The van der Waals surface area contributed by atoms with E-state index in [2.05, 4.69) is 30.9 Å². The molecule has 4 heteroatoms. The highest BCUT2D eigenvalue weighted by molar-refractivity contribution is 5.03. The van der Waals surface area contributed by atoms with Gasteiger partial charge in [0.05, 0.1) is 5.54 Å². The van der Waals surface area contributed by atoms with Gasteiger partial charge in [0.25, 0.3) is 0 Å². The van der Waals surface area contributed by atoms with E-state index in [1.165, 1.54) is 0 Å². The number of hydrogen-bond acceptors (Lipinski definition) is 4. The van der Waals surface area contributed by atoms with Crippen molar-refractivity contribution in [2.45, 2.75) is 58.4 Å². The fourth-order valence-electron chi connectivity index (χ4n) is 1.67. The van der Waals surface area contributed by atoms with Gasteiger partial charge < -0.3 is 10.3 Å². The Morgan fingerprint density at radius 2 is 2.00 bits per heavy atom. The monoisotopic (exact) mass is 211 g/mol. The summed E-state index contributed by atoms with van der Waals surface area (Å²) in [4.78, 5) is 4.36. The number of nitrogens with two attached hydrogens (primary N) is 1. The number of aryl methyl sites for hydroxylation is 1. The van der Waals surface area contributed by atoms with Crippen molar-refractivity contribution in [2.75, 3.05) is 0 Å². The molecule has 1 aromatic heterocycles. The normalized spacial score (nSPS) is 15.2. The van der Waals surface area contributed by atoms with Crippen LogP contribution in [0.1, 0.15) is 58.2 Å². The molecule has 0 radical (unpaired) electrons. The molecule has 1 heterocycles. The van der Waals surface area contributed by atoms with Gasteiger partial charge in [0, 0.05) is 6.42 Å². The molecule has 0 aliphatic carbocycles. The Labute approximate surface area is 91.2 Å². The van der Waals surface area contributed by atoms with Gasteiger partial charge >= 0.3 is 0 Å². The van der Waals surface area contributed by atoms with Crippen LogP contribution in [0.5, 0.6) is 0 Å². The maximum atomic E-state index is 6.25. The van der Waals surface area contributed by atoms with Gasteiger partial charge in [-0.3, -0.25) is 0 Å². The SMILES string of the molecule is CCCc1nc(C(N)(CC)CCC)no1. The molecule has 15 heavy (non-hydrogen) atoms. The first-order chi connectivity index (χ1) is 7.16. The van der Waals surface area contributed by atoms with Crippen molar-refractivity contribution in [3.63, 3.8) is 0 Å². The molecule has 1 unspecified atom stereocenters. The Bertz CT molecular complexity index is 298. The largest absolute Gasteiger partial charge is 0.339 e. The van der Waals surface area contributed by atoms with E-state index in [-0.39, 0.29) is 0 Å². The second-order valence-corrected chi connectivity index (χ2v) is 4.02. The van der Waals surface area contributed by atoms with Crippen LogP contribution < -0.4 is 5.73 Å². The maximum Gasteiger partial charge on any atom is 0.226 e. The minimum atomic E-state index is -0.412. The van der Waals surface area contributed by atoms with Crippen LogP contribution >= 0.6 is 0 Å². The Kier molecular flexibility index (Phi) is 4.27. The zero-order valence-electron chi connectivity index (χ0n) is 9.92. The third kappa shape index (κ3) is 2.78. The molecule has 0 fully saturated rings. The van der Waals surface area contributed by atoms with E-state index in [1.54, 1.807) is 0 Å². The molecule has 0 aromatic carbocycles. The van der Waals surface area contributed by atoms with Crippen molar-refractivity contribution in [2.24, 2.45) is 5.73 Å². The lowest BCUT2D eigenvalue weighted by Crippen LogP contribution is -2.37. The molecule has 0 aliphatic rings. The summed E-state index contributed by atoms with van der Waals surface area (Å²) in [6.07, 6.45) is 4.61. The van der Waals surface area contributed by atoms with E-state index in [1.807, 2.05) is 0 Å². The summed E-state index contributed by atoms with van der Waals surface area (Å²) in [6, 6.07) is 0. The highest BCUT2D eigenvalue weighted by Gasteiger charge is 2.29. The van der Waals surface area contributed by atoms with Gasteiger partial charge in [-0.2, -0.15) is 4.98 Å². The summed E-state index contributed by atoms with van der Waals surface area (Å²) in [5.74, 6) is 1.36. The number of rotatable bonds is 6. The van der Waals surface area contributed by atoms with Crippen molar-refractivity contribution in [3.8, 4) is 0 Å². The highest BCUT2D eigenvalue weighted by atomic mass is 16.5. The average Bonchev–Trinajstić information content (AvgIpc) is 2.68. The fourth-order valence-corrected chi connectivity index (χ4v) is 1.67. The maximum absolute atomic E-state index is 6.25. The lowest BCUT2D eigenvalue weighted by molar-refractivity contribution is 0.326. The van der Waals surface area contributed by atoms with Crippen LogP contribution in [-0.4, -0.2) is 10.1 Å². The summed E-state index contributed by atoms with van der Waals surface area (Å²) < 4.78 is 5.16. The molecule has 0 bridgehead atoms. The van der Waals surface area contributed by atoms with Gasteiger partial charge in [-0.15, -0.1) is 0 Å². The molecular formula is C11H21N3O. The lowest BCUT2D eigenvalue weighted by Gasteiger charge is -2.23. The van der Waals surface area contributed by atoms with Gasteiger partial charge in [-0.25, -0.2) is 0 Å². The molecule has 0 amide bonds. The minimum Gasteiger partial charge on any atom is -0.339 e. The van der Waals surface area contributed by atoms with Crippen LogP contribution in [0.4, 0.5) is 0 Å². The summed E-state index contributed by atoms with van der Waals surface area (Å²) in [7, 11) is 0. The smallest absolute Gasteiger partial charge is 0.226 e. The van der Waals surface area contributed by atoms with Gasteiger partial charge in [-0.1, -0.05) is 32.3 Å². The van der Waals surface area contributed by atoms with E-state index in [4.69, 9.17) is 10.3 Å². The van der Waals surface area contributed by atoms with Gasteiger partial charge in [-0.05, 0) is 19.3 Å². The Hall–Kier alpha value is -0.900. The van der Waals surface area contributed by atoms with Gasteiger partial charge in [0.15, 0.2) is 5.82 Å². The number of nitrogens with zero attached hydrogens (tertiary/aromatic N) is 2. The van der Waals surface area contributed by atoms with Crippen molar-refractivity contribution >= 4 is 0 Å².